The van der Waals surface area contributed by atoms with Crippen LogP contribution in [0.1, 0.15) is 44.2 Å². The van der Waals surface area contributed by atoms with E-state index < -0.39 is 10.0 Å². The molecular weight excluding hydrogens is 308 g/mol. The Kier molecular flexibility index (Phi) is 6.62. The van der Waals surface area contributed by atoms with Crippen LogP contribution in [0.5, 0.6) is 0 Å². The van der Waals surface area contributed by atoms with Gasteiger partial charge < -0.3 is 0 Å². The van der Waals surface area contributed by atoms with Gasteiger partial charge in [0, 0.05) is 12.6 Å². The average molecular weight is 339 g/mol. The van der Waals surface area contributed by atoms with E-state index in [4.69, 9.17) is 0 Å². The van der Waals surface area contributed by atoms with Crippen LogP contribution in [-0.2, 0) is 15.8 Å². The molecule has 1 heterocycles. The Hall–Kier alpha value is -0.910. The summed E-state index contributed by atoms with van der Waals surface area (Å²) in [6, 6.07) is 7.97. The average Bonchev–Trinajstić information content (AvgIpc) is 2.47. The fourth-order valence-electron chi connectivity index (χ4n) is 3.32. The van der Waals surface area contributed by atoms with Crippen molar-refractivity contribution in [3.8, 4) is 0 Å². The lowest BCUT2D eigenvalue weighted by Gasteiger charge is -2.37. The van der Waals surface area contributed by atoms with Crippen molar-refractivity contribution in [3.05, 3.63) is 35.4 Å². The Labute approximate surface area is 141 Å². The molecule has 1 aromatic carbocycles. The van der Waals surface area contributed by atoms with Crippen molar-refractivity contribution in [1.82, 2.24) is 9.62 Å². The molecule has 1 aliphatic heterocycles. The number of rotatable bonds is 7. The molecule has 0 aromatic heterocycles. The highest BCUT2D eigenvalue weighted by atomic mass is 32.2. The molecule has 0 radical (unpaired) electrons. The molecule has 2 rings (SSSR count). The first kappa shape index (κ1) is 18.4. The van der Waals surface area contributed by atoms with Gasteiger partial charge in [-0.15, -0.1) is 0 Å². The minimum absolute atomic E-state index is 0.0551. The Morgan fingerprint density at radius 3 is 2.48 bits per heavy atom. The molecule has 1 aromatic rings. The number of sulfonamides is 1. The van der Waals surface area contributed by atoms with Crippen LogP contribution in [0.2, 0.25) is 0 Å². The van der Waals surface area contributed by atoms with E-state index in [2.05, 4.69) is 23.5 Å². The van der Waals surface area contributed by atoms with Crippen LogP contribution < -0.4 is 4.72 Å². The molecule has 1 fully saturated rings. The normalized spacial score (nSPS) is 18.3. The molecule has 130 valence electrons. The first-order valence-corrected chi connectivity index (χ1v) is 10.3. The molecule has 0 amide bonds. The van der Waals surface area contributed by atoms with Gasteiger partial charge in [-0.2, -0.15) is 0 Å². The summed E-state index contributed by atoms with van der Waals surface area (Å²) < 4.78 is 27.6. The van der Waals surface area contributed by atoms with Crippen LogP contribution in [0.4, 0.5) is 0 Å². The SMILES string of the molecule is Cc1cccc(CS(=O)(=O)NCC(C(C)C)N2CCCCC2)c1. The first-order valence-electron chi connectivity index (χ1n) is 8.64. The standard InChI is InChI=1S/C18H30N2O2S/c1-15(2)18(20-10-5-4-6-11-20)13-19-23(21,22)14-17-9-7-8-16(3)12-17/h7-9,12,15,18-19H,4-6,10-11,13-14H2,1-3H3. The van der Waals surface area contributed by atoms with Crippen LogP contribution in [-0.4, -0.2) is 39.0 Å². The maximum absolute atomic E-state index is 12.4. The summed E-state index contributed by atoms with van der Waals surface area (Å²) in [6.45, 7) is 9.01. The number of nitrogens with zero attached hydrogens (tertiary/aromatic N) is 1. The number of benzene rings is 1. The molecule has 0 bridgehead atoms. The van der Waals surface area contributed by atoms with Gasteiger partial charge in [0.15, 0.2) is 0 Å². The van der Waals surface area contributed by atoms with Crippen LogP contribution in [0, 0.1) is 12.8 Å². The molecular formula is C18H30N2O2S. The largest absolute Gasteiger partial charge is 0.299 e. The van der Waals surface area contributed by atoms with Crippen molar-refractivity contribution < 1.29 is 8.42 Å². The lowest BCUT2D eigenvalue weighted by atomic mass is 9.99. The summed E-state index contributed by atoms with van der Waals surface area (Å²) in [6.07, 6.45) is 3.74. The van der Waals surface area contributed by atoms with Crippen molar-refractivity contribution in [2.45, 2.75) is 51.8 Å². The van der Waals surface area contributed by atoms with E-state index in [1.807, 2.05) is 31.2 Å². The third-order valence-corrected chi connectivity index (χ3v) is 5.90. The molecule has 0 aliphatic carbocycles. The van der Waals surface area contributed by atoms with E-state index in [1.165, 1.54) is 19.3 Å². The summed E-state index contributed by atoms with van der Waals surface area (Å²) in [5.74, 6) is 0.495. The Balaban J connectivity index is 1.95. The van der Waals surface area contributed by atoms with E-state index >= 15 is 0 Å². The number of nitrogens with one attached hydrogen (secondary N) is 1. The number of aryl methyl sites for hydroxylation is 1. The Morgan fingerprint density at radius 1 is 1.17 bits per heavy atom. The Bertz CT molecular complexity index is 593. The van der Waals surface area contributed by atoms with Crippen molar-refractivity contribution in [3.63, 3.8) is 0 Å². The fraction of sp³-hybridized carbons (Fsp3) is 0.667. The van der Waals surface area contributed by atoms with E-state index in [-0.39, 0.29) is 11.8 Å². The highest BCUT2D eigenvalue weighted by Crippen LogP contribution is 2.17. The Morgan fingerprint density at radius 2 is 1.87 bits per heavy atom. The van der Waals surface area contributed by atoms with Gasteiger partial charge in [-0.25, -0.2) is 13.1 Å². The molecule has 1 atom stereocenters. The van der Waals surface area contributed by atoms with Gasteiger partial charge in [0.05, 0.1) is 5.75 Å². The maximum atomic E-state index is 12.4. The van der Waals surface area contributed by atoms with E-state index in [1.54, 1.807) is 0 Å². The van der Waals surface area contributed by atoms with Crippen LogP contribution >= 0.6 is 0 Å². The summed E-state index contributed by atoms with van der Waals surface area (Å²) >= 11 is 0. The van der Waals surface area contributed by atoms with Gasteiger partial charge in [-0.05, 0) is 44.3 Å². The zero-order valence-electron chi connectivity index (χ0n) is 14.6. The minimum atomic E-state index is -3.30. The van der Waals surface area contributed by atoms with Crippen LogP contribution in [0.3, 0.4) is 0 Å². The van der Waals surface area contributed by atoms with Crippen molar-refractivity contribution in [1.29, 1.82) is 0 Å². The monoisotopic (exact) mass is 338 g/mol. The second-order valence-electron chi connectivity index (χ2n) is 7.00. The lowest BCUT2D eigenvalue weighted by Crippen LogP contribution is -2.48. The maximum Gasteiger partial charge on any atom is 0.215 e. The van der Waals surface area contributed by atoms with Gasteiger partial charge in [-0.1, -0.05) is 50.1 Å². The summed E-state index contributed by atoms with van der Waals surface area (Å²) in [4.78, 5) is 2.45. The first-order chi connectivity index (χ1) is 10.9. The quantitative estimate of drug-likeness (QED) is 0.831. The number of hydrogen-bond acceptors (Lipinski definition) is 3. The fourth-order valence-corrected chi connectivity index (χ4v) is 4.47. The molecule has 1 saturated heterocycles. The summed E-state index contributed by atoms with van der Waals surface area (Å²) in [5, 5.41) is 0. The van der Waals surface area contributed by atoms with Gasteiger partial charge in [0.1, 0.15) is 0 Å². The van der Waals surface area contributed by atoms with Crippen molar-refractivity contribution in [2.24, 2.45) is 5.92 Å². The van der Waals surface area contributed by atoms with E-state index in [0.29, 0.717) is 12.5 Å². The number of piperidine rings is 1. The highest BCUT2D eigenvalue weighted by molar-refractivity contribution is 7.88. The molecule has 0 spiro atoms. The van der Waals surface area contributed by atoms with Gasteiger partial charge in [0.2, 0.25) is 10.0 Å². The smallest absolute Gasteiger partial charge is 0.215 e. The summed E-state index contributed by atoms with van der Waals surface area (Å²) in [7, 11) is -3.30. The van der Waals surface area contributed by atoms with E-state index in [9.17, 15) is 8.42 Å². The van der Waals surface area contributed by atoms with Gasteiger partial charge >= 0.3 is 0 Å². The lowest BCUT2D eigenvalue weighted by molar-refractivity contribution is 0.130. The molecule has 1 unspecified atom stereocenters. The molecule has 5 heteroatoms. The zero-order valence-corrected chi connectivity index (χ0v) is 15.4. The van der Waals surface area contributed by atoms with Gasteiger partial charge in [-0.3, -0.25) is 4.90 Å². The molecule has 1 N–H and O–H groups in total. The van der Waals surface area contributed by atoms with Crippen molar-refractivity contribution >= 4 is 10.0 Å². The highest BCUT2D eigenvalue weighted by Gasteiger charge is 2.25. The third kappa shape index (κ3) is 5.90. The molecule has 1 aliphatic rings. The number of hydrogen-bond donors (Lipinski definition) is 1. The van der Waals surface area contributed by atoms with Crippen LogP contribution in [0.15, 0.2) is 24.3 Å². The topological polar surface area (TPSA) is 49.4 Å². The molecule has 23 heavy (non-hydrogen) atoms. The predicted molar refractivity (Wildman–Crippen MR) is 95.9 cm³/mol. The van der Waals surface area contributed by atoms with Crippen LogP contribution in [0.25, 0.3) is 0 Å². The molecule has 4 nitrogen and oxygen atoms in total. The summed E-state index contributed by atoms with van der Waals surface area (Å²) in [5.41, 5.74) is 1.93. The second kappa shape index (κ2) is 8.27. The molecule has 0 saturated carbocycles. The van der Waals surface area contributed by atoms with Gasteiger partial charge in [0.25, 0.3) is 0 Å². The van der Waals surface area contributed by atoms with E-state index in [0.717, 1.165) is 24.2 Å². The minimum Gasteiger partial charge on any atom is -0.299 e. The number of likely N-dealkylation sites (tertiary alicyclic amines) is 1. The third-order valence-electron chi connectivity index (χ3n) is 4.58. The van der Waals surface area contributed by atoms with Crippen molar-refractivity contribution in [2.75, 3.05) is 19.6 Å². The predicted octanol–water partition coefficient (Wildman–Crippen LogP) is 2.92. The second-order valence-corrected chi connectivity index (χ2v) is 8.81. The zero-order chi connectivity index (χ0) is 16.9.